The molecule has 96 valence electrons. The summed E-state index contributed by atoms with van der Waals surface area (Å²) in [6, 6.07) is 3.60. The molecule has 1 aliphatic carbocycles. The van der Waals surface area contributed by atoms with Crippen molar-refractivity contribution in [3.63, 3.8) is 0 Å². The molecule has 2 N–H and O–H groups in total. The van der Waals surface area contributed by atoms with Crippen molar-refractivity contribution >= 4 is 28.3 Å². The Kier molecular flexibility index (Phi) is 4.49. The first-order valence-electron chi connectivity index (χ1n) is 5.01. The predicted octanol–water partition coefficient (Wildman–Crippen LogP) is 4.30. The quantitative estimate of drug-likeness (QED) is 0.859. The molecule has 0 heterocycles. The summed E-state index contributed by atoms with van der Waals surface area (Å²) in [6.45, 7) is 0. The highest BCUT2D eigenvalue weighted by atomic mass is 79.9. The van der Waals surface area contributed by atoms with Crippen LogP contribution < -0.4 is 5.73 Å². The molecule has 0 aliphatic heterocycles. The van der Waals surface area contributed by atoms with Crippen LogP contribution in [0.25, 0.3) is 0 Å². The molecule has 1 fully saturated rings. The van der Waals surface area contributed by atoms with E-state index in [0.717, 1.165) is 25.0 Å². The monoisotopic (exact) mass is 329 g/mol. The van der Waals surface area contributed by atoms with Gasteiger partial charge in [0.2, 0.25) is 0 Å². The Hall–Kier alpha value is -0.260. The van der Waals surface area contributed by atoms with Gasteiger partial charge >= 0.3 is 6.18 Å². The van der Waals surface area contributed by atoms with Gasteiger partial charge in [-0.25, -0.2) is 0 Å². The van der Waals surface area contributed by atoms with Crippen LogP contribution in [0.4, 0.5) is 13.2 Å². The molecule has 1 nitrogen and oxygen atoms in total. The summed E-state index contributed by atoms with van der Waals surface area (Å²) in [5.74, 6) is 0.343. The van der Waals surface area contributed by atoms with Crippen molar-refractivity contribution < 1.29 is 13.2 Å². The number of alkyl halides is 3. The molecule has 0 saturated heterocycles. The van der Waals surface area contributed by atoms with Gasteiger partial charge in [0.05, 0.1) is 5.56 Å². The van der Waals surface area contributed by atoms with E-state index in [9.17, 15) is 13.2 Å². The predicted molar refractivity (Wildman–Crippen MR) is 66.0 cm³/mol. The van der Waals surface area contributed by atoms with Crippen molar-refractivity contribution in [2.75, 3.05) is 0 Å². The van der Waals surface area contributed by atoms with E-state index >= 15 is 0 Å². The Morgan fingerprint density at radius 3 is 2.29 bits per heavy atom. The maximum absolute atomic E-state index is 12.6. The third-order valence-corrected chi connectivity index (χ3v) is 3.22. The Morgan fingerprint density at radius 2 is 1.82 bits per heavy atom. The smallest absolute Gasteiger partial charge is 0.324 e. The summed E-state index contributed by atoms with van der Waals surface area (Å²) in [5, 5.41) is 0. The van der Waals surface area contributed by atoms with Crippen molar-refractivity contribution in [3.05, 3.63) is 33.8 Å². The van der Waals surface area contributed by atoms with Crippen LogP contribution in [-0.2, 0) is 6.18 Å². The molecule has 0 spiro atoms. The normalized spacial score (nSPS) is 17.5. The van der Waals surface area contributed by atoms with E-state index in [1.807, 2.05) is 0 Å². The van der Waals surface area contributed by atoms with Crippen molar-refractivity contribution in [2.45, 2.75) is 25.1 Å². The van der Waals surface area contributed by atoms with Crippen LogP contribution in [0.1, 0.15) is 30.0 Å². The first-order valence-corrected chi connectivity index (χ1v) is 5.80. The van der Waals surface area contributed by atoms with E-state index < -0.39 is 11.7 Å². The molecule has 0 bridgehead atoms. The van der Waals surface area contributed by atoms with Gasteiger partial charge in [-0.2, -0.15) is 13.2 Å². The zero-order valence-corrected chi connectivity index (χ0v) is 11.2. The van der Waals surface area contributed by atoms with Gasteiger partial charge in [0.25, 0.3) is 0 Å². The third-order valence-electron chi connectivity index (χ3n) is 2.76. The minimum Gasteiger partial charge on any atom is -0.324 e. The zero-order chi connectivity index (χ0) is 11.9. The second kappa shape index (κ2) is 5.16. The van der Waals surface area contributed by atoms with Gasteiger partial charge in [0, 0.05) is 10.5 Å². The SMILES string of the molecule is Cl.N[C@H](c1cc(Br)cc(C(F)(F)F)c1)C1CC1. The lowest BCUT2D eigenvalue weighted by Crippen LogP contribution is -2.14. The summed E-state index contributed by atoms with van der Waals surface area (Å²) in [7, 11) is 0. The van der Waals surface area contributed by atoms with E-state index in [2.05, 4.69) is 15.9 Å². The number of hydrogen-bond acceptors (Lipinski definition) is 1. The Balaban J connectivity index is 0.00000144. The third kappa shape index (κ3) is 3.60. The van der Waals surface area contributed by atoms with Crippen LogP contribution in [0.2, 0.25) is 0 Å². The average Bonchev–Trinajstić information content (AvgIpc) is 2.97. The summed E-state index contributed by atoms with van der Waals surface area (Å²) in [4.78, 5) is 0. The largest absolute Gasteiger partial charge is 0.416 e. The molecule has 1 aromatic rings. The molecule has 0 amide bonds. The molecule has 6 heteroatoms. The lowest BCUT2D eigenvalue weighted by Gasteiger charge is -2.14. The number of rotatable bonds is 2. The van der Waals surface area contributed by atoms with Gasteiger partial charge < -0.3 is 5.73 Å². The first-order chi connectivity index (χ1) is 7.38. The lowest BCUT2D eigenvalue weighted by atomic mass is 10.0. The zero-order valence-electron chi connectivity index (χ0n) is 8.80. The first kappa shape index (κ1) is 14.8. The molecule has 1 saturated carbocycles. The molecule has 0 radical (unpaired) electrons. The summed E-state index contributed by atoms with van der Waals surface area (Å²) in [6.07, 6.45) is -2.30. The minimum atomic E-state index is -4.32. The van der Waals surface area contributed by atoms with Crippen LogP contribution in [0.3, 0.4) is 0 Å². The van der Waals surface area contributed by atoms with Crippen molar-refractivity contribution in [3.8, 4) is 0 Å². The van der Waals surface area contributed by atoms with Crippen molar-refractivity contribution in [2.24, 2.45) is 11.7 Å². The Bertz CT molecular complexity index is 404. The van der Waals surface area contributed by atoms with Crippen LogP contribution in [0.5, 0.6) is 0 Å². The van der Waals surface area contributed by atoms with Crippen LogP contribution in [0.15, 0.2) is 22.7 Å². The fraction of sp³-hybridized carbons (Fsp3) is 0.455. The average molecular weight is 331 g/mol. The minimum absolute atomic E-state index is 0. The van der Waals surface area contributed by atoms with E-state index in [-0.39, 0.29) is 18.4 Å². The summed E-state index contributed by atoms with van der Waals surface area (Å²) in [5.41, 5.74) is 5.81. The van der Waals surface area contributed by atoms with E-state index in [0.29, 0.717) is 16.0 Å². The number of nitrogens with two attached hydrogens (primary N) is 1. The summed E-state index contributed by atoms with van der Waals surface area (Å²) < 4.78 is 38.1. The molecular weight excluding hydrogens is 318 g/mol. The van der Waals surface area contributed by atoms with Gasteiger partial charge in [-0.15, -0.1) is 12.4 Å². The molecular formula is C11H12BrClF3N. The van der Waals surface area contributed by atoms with Gasteiger partial charge in [-0.05, 0) is 42.5 Å². The van der Waals surface area contributed by atoms with Crippen LogP contribution >= 0.6 is 28.3 Å². The molecule has 1 atom stereocenters. The summed E-state index contributed by atoms with van der Waals surface area (Å²) >= 11 is 3.09. The maximum Gasteiger partial charge on any atom is 0.416 e. The molecule has 17 heavy (non-hydrogen) atoms. The van der Waals surface area contributed by atoms with Crippen molar-refractivity contribution in [1.82, 2.24) is 0 Å². The standard InChI is InChI=1S/C11H11BrF3N.ClH/c12-9-4-7(10(16)6-1-2-6)3-8(5-9)11(13,14)15;/h3-6,10H,1-2,16H2;1H/t10-;/m0./s1. The highest BCUT2D eigenvalue weighted by Crippen LogP contribution is 2.41. The molecule has 1 aromatic carbocycles. The Labute approximate surface area is 112 Å². The second-order valence-corrected chi connectivity index (χ2v) is 5.05. The number of hydrogen-bond donors (Lipinski definition) is 1. The van der Waals surface area contributed by atoms with Gasteiger partial charge in [-0.3, -0.25) is 0 Å². The highest BCUT2D eigenvalue weighted by Gasteiger charge is 2.34. The second-order valence-electron chi connectivity index (χ2n) is 4.13. The topological polar surface area (TPSA) is 26.0 Å². The Morgan fingerprint density at radius 1 is 1.24 bits per heavy atom. The van der Waals surface area contributed by atoms with E-state index in [1.165, 1.54) is 0 Å². The van der Waals surface area contributed by atoms with E-state index in [1.54, 1.807) is 6.07 Å². The van der Waals surface area contributed by atoms with Crippen LogP contribution in [-0.4, -0.2) is 0 Å². The highest BCUT2D eigenvalue weighted by molar-refractivity contribution is 9.10. The maximum atomic E-state index is 12.6. The van der Waals surface area contributed by atoms with Crippen molar-refractivity contribution in [1.29, 1.82) is 0 Å². The van der Waals surface area contributed by atoms with Crippen LogP contribution in [0, 0.1) is 5.92 Å². The number of halogens is 5. The fourth-order valence-corrected chi connectivity index (χ4v) is 2.21. The van der Waals surface area contributed by atoms with E-state index in [4.69, 9.17) is 5.73 Å². The van der Waals surface area contributed by atoms with Gasteiger partial charge in [0.15, 0.2) is 0 Å². The molecule has 0 unspecified atom stereocenters. The molecule has 0 aromatic heterocycles. The number of benzene rings is 1. The fourth-order valence-electron chi connectivity index (χ4n) is 1.70. The van der Waals surface area contributed by atoms with Gasteiger partial charge in [-0.1, -0.05) is 15.9 Å². The molecule has 2 rings (SSSR count). The molecule has 1 aliphatic rings. The van der Waals surface area contributed by atoms with Gasteiger partial charge in [0.1, 0.15) is 0 Å². The lowest BCUT2D eigenvalue weighted by molar-refractivity contribution is -0.137.